The summed E-state index contributed by atoms with van der Waals surface area (Å²) >= 11 is 6.27. The van der Waals surface area contributed by atoms with E-state index < -0.39 is 48.3 Å². The van der Waals surface area contributed by atoms with E-state index in [1.165, 1.54) is 19.1 Å². The first-order valence-corrected chi connectivity index (χ1v) is 9.78. The third-order valence-corrected chi connectivity index (χ3v) is 4.61. The molecule has 3 N–H and O–H groups in total. The average molecular weight is 483 g/mol. The van der Waals surface area contributed by atoms with Crippen molar-refractivity contribution in [2.24, 2.45) is 0 Å². The van der Waals surface area contributed by atoms with Crippen molar-refractivity contribution in [1.29, 1.82) is 0 Å². The summed E-state index contributed by atoms with van der Waals surface area (Å²) in [5.74, 6) is 1.67. The van der Waals surface area contributed by atoms with E-state index in [0.29, 0.717) is 10.6 Å². The van der Waals surface area contributed by atoms with E-state index in [1.54, 1.807) is 0 Å². The molecular formula is C20H24ClF3NO7+. The molecule has 0 aromatic heterocycles. The zero-order valence-electron chi connectivity index (χ0n) is 17.9. The zero-order valence-corrected chi connectivity index (χ0v) is 18.6. The molecule has 2 rings (SSSR count). The summed E-state index contributed by atoms with van der Waals surface area (Å²) in [7, 11) is 0. The molecule has 1 aromatic carbocycles. The van der Waals surface area contributed by atoms with Gasteiger partial charge in [-0.3, -0.25) is 0 Å². The molecule has 1 aliphatic rings. The maximum atomic E-state index is 13.6. The van der Waals surface area contributed by atoms with Crippen LogP contribution < -0.4 is 10.6 Å². The molecule has 0 saturated carbocycles. The lowest BCUT2D eigenvalue weighted by Crippen LogP contribution is -2.51. The van der Waals surface area contributed by atoms with Crippen molar-refractivity contribution in [3.8, 4) is 5.75 Å². The number of rotatable bonds is 6. The van der Waals surface area contributed by atoms with E-state index in [9.17, 15) is 22.8 Å². The molecule has 1 aromatic rings. The number of hydrogen-bond acceptors (Lipinski definition) is 7. The van der Waals surface area contributed by atoms with Gasteiger partial charge in [-0.1, -0.05) is 32.4 Å². The van der Waals surface area contributed by atoms with Gasteiger partial charge < -0.3 is 18.9 Å². The van der Waals surface area contributed by atoms with Gasteiger partial charge in [0.1, 0.15) is 18.5 Å². The van der Waals surface area contributed by atoms with Crippen LogP contribution in [0, 0.1) is 0 Å². The minimum atomic E-state index is -4.91. The van der Waals surface area contributed by atoms with Gasteiger partial charge >= 0.3 is 18.3 Å². The summed E-state index contributed by atoms with van der Waals surface area (Å²) in [6.07, 6.45) is -8.39. The van der Waals surface area contributed by atoms with Gasteiger partial charge in [0.05, 0.1) is 5.57 Å². The van der Waals surface area contributed by atoms with Crippen LogP contribution in [0.4, 0.5) is 18.0 Å². The van der Waals surface area contributed by atoms with Crippen LogP contribution in [0.25, 0.3) is 6.08 Å². The standard InChI is InChI=1S/C20H24ClF3NO7/c1-10(8-30-25)31-18(27)29-9-28-17(26)12-5-11-6-14(21)13(19(2,3)4)7-15(11)32-16(12)20(22,23)24/h5-7,10,16H,8-9H2,1-4,25H3/q+1. The third kappa shape index (κ3) is 6.50. The van der Waals surface area contributed by atoms with Gasteiger partial charge in [-0.2, -0.15) is 13.2 Å². The Bertz CT molecular complexity index is 896. The molecule has 1 heterocycles. The maximum absolute atomic E-state index is 13.6. The molecule has 1 aliphatic heterocycles. The number of ether oxygens (including phenoxy) is 4. The van der Waals surface area contributed by atoms with Gasteiger partial charge in [0.15, 0.2) is 0 Å². The van der Waals surface area contributed by atoms with Crippen LogP contribution in [0.15, 0.2) is 17.7 Å². The molecule has 32 heavy (non-hydrogen) atoms. The number of halogens is 4. The summed E-state index contributed by atoms with van der Waals surface area (Å²) < 4.78 is 59.9. The van der Waals surface area contributed by atoms with Crippen LogP contribution in [0.3, 0.4) is 0 Å². The molecule has 0 fully saturated rings. The first kappa shape index (κ1) is 25.8. The molecule has 0 amide bonds. The summed E-state index contributed by atoms with van der Waals surface area (Å²) in [6, 6.07) is 2.84. The fourth-order valence-corrected chi connectivity index (χ4v) is 3.27. The normalized spacial score (nSPS) is 16.9. The summed E-state index contributed by atoms with van der Waals surface area (Å²) in [4.78, 5) is 28.3. The number of benzene rings is 1. The van der Waals surface area contributed by atoms with Crippen molar-refractivity contribution in [2.75, 3.05) is 13.4 Å². The highest BCUT2D eigenvalue weighted by atomic mass is 35.5. The molecular weight excluding hydrogens is 459 g/mol. The first-order valence-electron chi connectivity index (χ1n) is 9.40. The number of hydrogen-bond donors (Lipinski definition) is 1. The van der Waals surface area contributed by atoms with Gasteiger partial charge in [-0.25, -0.2) is 20.3 Å². The molecule has 8 nitrogen and oxygen atoms in total. The van der Waals surface area contributed by atoms with E-state index in [4.69, 9.17) is 21.1 Å². The van der Waals surface area contributed by atoms with Crippen molar-refractivity contribution < 1.29 is 52.4 Å². The van der Waals surface area contributed by atoms with Crippen LogP contribution in [-0.4, -0.2) is 43.9 Å². The molecule has 0 spiro atoms. The molecule has 0 saturated heterocycles. The van der Waals surface area contributed by atoms with E-state index >= 15 is 0 Å². The van der Waals surface area contributed by atoms with Gasteiger partial charge in [-0.05, 0) is 36.1 Å². The third-order valence-electron chi connectivity index (χ3n) is 4.30. The first-order chi connectivity index (χ1) is 14.7. The molecule has 0 bridgehead atoms. The van der Waals surface area contributed by atoms with E-state index in [0.717, 1.165) is 6.08 Å². The second-order valence-corrected chi connectivity index (χ2v) is 8.41. The largest absolute Gasteiger partial charge is 0.511 e. The SMILES string of the molecule is CC(CO[NH3+])OC(=O)OCOC(=O)C1=Cc2cc(Cl)c(C(C)(C)C)cc2OC1C(F)(F)F. The van der Waals surface area contributed by atoms with Crippen molar-refractivity contribution in [1.82, 2.24) is 0 Å². The van der Waals surface area contributed by atoms with Gasteiger partial charge in [0, 0.05) is 10.6 Å². The number of esters is 1. The average Bonchev–Trinajstić information content (AvgIpc) is 2.64. The lowest BCUT2D eigenvalue weighted by Gasteiger charge is -2.30. The highest BCUT2D eigenvalue weighted by molar-refractivity contribution is 6.31. The Morgan fingerprint density at radius 1 is 1.22 bits per heavy atom. The Morgan fingerprint density at radius 3 is 2.44 bits per heavy atom. The summed E-state index contributed by atoms with van der Waals surface area (Å²) in [6.45, 7) is 6.06. The van der Waals surface area contributed by atoms with E-state index in [-0.39, 0.29) is 17.9 Å². The molecule has 0 aliphatic carbocycles. The second-order valence-electron chi connectivity index (χ2n) is 8.00. The number of quaternary nitrogens is 1. The fourth-order valence-electron chi connectivity index (χ4n) is 2.81. The van der Waals surface area contributed by atoms with Gasteiger partial charge in [0.2, 0.25) is 12.9 Å². The number of carbonyl (C=O) groups excluding carboxylic acids is 2. The van der Waals surface area contributed by atoms with Gasteiger partial charge in [-0.15, -0.1) is 0 Å². The molecule has 178 valence electrons. The lowest BCUT2D eigenvalue weighted by molar-refractivity contribution is -0.691. The smallest absolute Gasteiger partial charge is 0.475 e. The molecule has 2 atom stereocenters. The minimum Gasteiger partial charge on any atom is -0.475 e. The molecule has 12 heteroatoms. The lowest BCUT2D eigenvalue weighted by atomic mass is 9.85. The highest BCUT2D eigenvalue weighted by Crippen LogP contribution is 2.42. The molecule has 2 unspecified atom stereocenters. The second kappa shape index (κ2) is 9.97. The van der Waals surface area contributed by atoms with E-state index in [2.05, 4.69) is 20.2 Å². The Morgan fingerprint density at radius 2 is 1.88 bits per heavy atom. The quantitative estimate of drug-likeness (QED) is 0.375. The van der Waals surface area contributed by atoms with Crippen LogP contribution >= 0.6 is 11.6 Å². The topological polar surface area (TPSA) is 108 Å². The summed E-state index contributed by atoms with van der Waals surface area (Å²) in [5.41, 5.74) is -0.503. The fraction of sp³-hybridized carbons (Fsp3) is 0.500. The van der Waals surface area contributed by atoms with Crippen molar-refractivity contribution in [3.05, 3.63) is 33.9 Å². The van der Waals surface area contributed by atoms with Crippen molar-refractivity contribution >= 4 is 29.8 Å². The number of carbonyl (C=O) groups is 2. The Hall–Kier alpha value is -2.50. The molecule has 0 radical (unpaired) electrons. The van der Waals surface area contributed by atoms with Crippen LogP contribution in [0.1, 0.15) is 38.8 Å². The predicted octanol–water partition coefficient (Wildman–Crippen LogP) is 3.56. The number of alkyl halides is 3. The van der Waals surface area contributed by atoms with Crippen LogP contribution in [0.5, 0.6) is 5.75 Å². The van der Waals surface area contributed by atoms with Crippen molar-refractivity contribution in [2.45, 2.75) is 51.5 Å². The zero-order chi connectivity index (χ0) is 24.3. The minimum absolute atomic E-state index is 0.00866. The summed E-state index contributed by atoms with van der Waals surface area (Å²) in [5, 5.41) is 0.306. The van der Waals surface area contributed by atoms with Gasteiger partial charge in [0.25, 0.3) is 0 Å². The Kier molecular flexibility index (Phi) is 8.02. The van der Waals surface area contributed by atoms with Crippen LogP contribution in [-0.2, 0) is 29.3 Å². The Balaban J connectivity index is 2.20. The van der Waals surface area contributed by atoms with Crippen molar-refractivity contribution in [3.63, 3.8) is 0 Å². The maximum Gasteiger partial charge on any atom is 0.511 e. The highest BCUT2D eigenvalue weighted by Gasteiger charge is 2.49. The predicted molar refractivity (Wildman–Crippen MR) is 105 cm³/mol. The number of fused-ring (bicyclic) bond motifs is 1. The van der Waals surface area contributed by atoms with Crippen LogP contribution in [0.2, 0.25) is 5.02 Å². The van der Waals surface area contributed by atoms with E-state index in [1.807, 2.05) is 20.8 Å². The Labute approximate surface area is 187 Å². The monoisotopic (exact) mass is 482 g/mol.